The lowest BCUT2D eigenvalue weighted by molar-refractivity contribution is -0.114. The third-order valence-corrected chi connectivity index (χ3v) is 12.1. The monoisotopic (exact) mass is 576 g/mol. The Balaban J connectivity index is 1.76. The molecular weight excluding hydrogens is 523 g/mol. The van der Waals surface area contributed by atoms with E-state index in [0.717, 1.165) is 43.3 Å². The first-order valence-electron chi connectivity index (χ1n) is 15.3. The molecule has 0 spiro atoms. The van der Waals surface area contributed by atoms with Crippen LogP contribution in [0.15, 0.2) is 47.6 Å². The first-order valence-corrected chi connectivity index (χ1v) is 17.0. The number of hydrogen-bond acceptors (Lipinski definition) is 6. The van der Waals surface area contributed by atoms with Crippen LogP contribution in [0, 0.1) is 23.2 Å². The average molecular weight is 577 g/mol. The maximum absolute atomic E-state index is 13.7. The average Bonchev–Trinajstić information content (AvgIpc) is 3.20. The lowest BCUT2D eigenvalue weighted by Crippen LogP contribution is -2.35. The van der Waals surface area contributed by atoms with E-state index >= 15 is 0 Å². The van der Waals surface area contributed by atoms with Crippen molar-refractivity contribution in [1.29, 1.82) is 0 Å². The molecule has 3 fully saturated rings. The van der Waals surface area contributed by atoms with Gasteiger partial charge in [-0.25, -0.2) is 0 Å². The normalized spacial score (nSPS) is 33.3. The number of aliphatic hydroxyl groups is 2. The van der Waals surface area contributed by atoms with Crippen molar-refractivity contribution >= 4 is 13.4 Å². The molecule has 0 aromatic carbocycles. The molecule has 0 amide bonds. The predicted octanol–water partition coefficient (Wildman–Crippen LogP) is 7.71. The van der Waals surface area contributed by atoms with E-state index in [4.69, 9.17) is 9.05 Å². The van der Waals surface area contributed by atoms with Crippen LogP contribution in [0.5, 0.6) is 0 Å². The summed E-state index contributed by atoms with van der Waals surface area (Å²) in [5, 5.41) is 20.4. The maximum atomic E-state index is 13.7. The number of hydrogen-bond donors (Lipinski definition) is 2. The molecule has 226 valence electrons. The van der Waals surface area contributed by atoms with Gasteiger partial charge in [0.2, 0.25) is 0 Å². The summed E-state index contributed by atoms with van der Waals surface area (Å²) in [6, 6.07) is 0. The van der Waals surface area contributed by atoms with Crippen LogP contribution < -0.4 is 0 Å². The molecule has 0 aromatic rings. The van der Waals surface area contributed by atoms with Gasteiger partial charge in [-0.15, -0.1) is 0 Å². The Labute approximate surface area is 242 Å². The van der Waals surface area contributed by atoms with Crippen LogP contribution in [-0.2, 0) is 18.4 Å². The van der Waals surface area contributed by atoms with Crippen LogP contribution in [0.1, 0.15) is 99.8 Å². The number of fused-ring (bicyclic) bond motifs is 1. The molecule has 3 aliphatic carbocycles. The molecule has 0 heterocycles. The zero-order valence-corrected chi connectivity index (χ0v) is 26.7. The Morgan fingerprint density at radius 3 is 2.38 bits per heavy atom. The van der Waals surface area contributed by atoms with Crippen LogP contribution in [0.4, 0.5) is 0 Å². The van der Waals surface area contributed by atoms with E-state index in [2.05, 4.69) is 32.6 Å². The zero-order chi connectivity index (χ0) is 29.8. The van der Waals surface area contributed by atoms with Crippen LogP contribution in [0.25, 0.3) is 0 Å². The molecule has 7 heteroatoms. The largest absolute Gasteiger partial charge is 0.393 e. The van der Waals surface area contributed by atoms with Crippen molar-refractivity contribution in [2.75, 3.05) is 0 Å². The topological polar surface area (TPSA) is 93.1 Å². The van der Waals surface area contributed by atoms with E-state index in [0.29, 0.717) is 31.1 Å². The summed E-state index contributed by atoms with van der Waals surface area (Å²) in [6.45, 7) is 17.8. The molecule has 2 N–H and O–H groups in total. The molecule has 6 nitrogen and oxygen atoms in total. The molecule has 0 aliphatic heterocycles. The third kappa shape index (κ3) is 7.55. The van der Waals surface area contributed by atoms with Gasteiger partial charge in [0.1, 0.15) is 5.66 Å². The molecule has 3 aliphatic rings. The fourth-order valence-electron chi connectivity index (χ4n) is 7.44. The van der Waals surface area contributed by atoms with Gasteiger partial charge in [0.25, 0.3) is 0 Å². The minimum absolute atomic E-state index is 0.138. The quantitative estimate of drug-likeness (QED) is 0.193. The second-order valence-electron chi connectivity index (χ2n) is 13.1. The molecule has 2 unspecified atom stereocenters. The highest BCUT2D eigenvalue weighted by Gasteiger charge is 2.50. The molecular formula is C33H53O6P. The summed E-state index contributed by atoms with van der Waals surface area (Å²) in [6.07, 6.45) is 13.0. The highest BCUT2D eigenvalue weighted by atomic mass is 31.2. The van der Waals surface area contributed by atoms with E-state index in [9.17, 15) is 19.6 Å². The maximum Gasteiger partial charge on any atom is 0.341 e. The number of carbonyl (C=O) groups is 1. The summed E-state index contributed by atoms with van der Waals surface area (Å²) in [5.74, 6) is 0.932. The van der Waals surface area contributed by atoms with Crippen molar-refractivity contribution in [2.45, 2.75) is 130 Å². The molecule has 40 heavy (non-hydrogen) atoms. The van der Waals surface area contributed by atoms with E-state index in [1.807, 2.05) is 40.7 Å². The Morgan fingerprint density at radius 1 is 1.12 bits per heavy atom. The van der Waals surface area contributed by atoms with Crippen molar-refractivity contribution in [3.8, 4) is 0 Å². The van der Waals surface area contributed by atoms with Crippen LogP contribution in [0.2, 0.25) is 0 Å². The van der Waals surface area contributed by atoms with Gasteiger partial charge in [0, 0.05) is 6.42 Å². The summed E-state index contributed by atoms with van der Waals surface area (Å²) >= 11 is 0. The van der Waals surface area contributed by atoms with Gasteiger partial charge in [-0.1, -0.05) is 51.2 Å². The zero-order valence-electron chi connectivity index (χ0n) is 25.8. The highest BCUT2D eigenvalue weighted by molar-refractivity contribution is 7.55. The summed E-state index contributed by atoms with van der Waals surface area (Å²) in [7, 11) is -3.61. The molecule has 0 aromatic heterocycles. The fourth-order valence-corrected chi connectivity index (χ4v) is 9.80. The van der Waals surface area contributed by atoms with E-state index in [1.165, 1.54) is 5.57 Å². The first-order chi connectivity index (χ1) is 18.7. The van der Waals surface area contributed by atoms with Crippen LogP contribution in [-0.4, -0.2) is 46.1 Å². The number of aliphatic hydroxyl groups excluding tert-OH is 2. The van der Waals surface area contributed by atoms with Crippen molar-refractivity contribution < 1.29 is 28.6 Å². The molecule has 0 bridgehead atoms. The third-order valence-electron chi connectivity index (χ3n) is 9.31. The second-order valence-corrected chi connectivity index (χ2v) is 15.2. The molecule has 7 atom stereocenters. The van der Waals surface area contributed by atoms with Gasteiger partial charge in [-0.05, 0) is 113 Å². The number of carbonyl (C=O) groups excluding carboxylic acids is 1. The van der Waals surface area contributed by atoms with Gasteiger partial charge in [-0.3, -0.25) is 9.36 Å². The fraction of sp³-hybridized carbons (Fsp3) is 0.727. The van der Waals surface area contributed by atoms with Gasteiger partial charge in [0.05, 0.1) is 24.4 Å². The number of allylic oxidation sites excluding steroid dienone is 5. The molecule has 3 saturated carbocycles. The Bertz CT molecular complexity index is 1040. The van der Waals surface area contributed by atoms with E-state index in [-0.39, 0.29) is 29.3 Å². The lowest BCUT2D eigenvalue weighted by Gasteiger charge is -2.44. The van der Waals surface area contributed by atoms with Gasteiger partial charge < -0.3 is 19.3 Å². The Kier molecular flexibility index (Phi) is 11.4. The predicted molar refractivity (Wildman–Crippen MR) is 162 cm³/mol. The number of rotatable bonds is 11. The summed E-state index contributed by atoms with van der Waals surface area (Å²) < 4.78 is 25.2. The molecule has 0 radical (unpaired) electrons. The van der Waals surface area contributed by atoms with E-state index < -0.39 is 25.5 Å². The lowest BCUT2D eigenvalue weighted by atomic mass is 9.61. The van der Waals surface area contributed by atoms with Crippen molar-refractivity contribution in [3.05, 3.63) is 47.6 Å². The molecule has 0 saturated heterocycles. The SMILES string of the molecule is C=C1/C(=C\C=C2/CCC[C@@]3(C)C2CC[C@@H]3[C@H](C)/C=C/C(=O)C(CC)P(=O)(OC(C)C)OC(C)C)C[C@@H](O)C[C@@H]1O. The highest BCUT2D eigenvalue weighted by Crippen LogP contribution is 2.60. The first kappa shape index (κ1) is 33.2. The standard InChI is InChI=1S/C33H53O6P/c1-9-32(40(37,38-21(2)3)39-22(4)5)30(35)17-12-23(6)28-15-16-29-25(11-10-18-33(28,29)8)13-14-26-19-27(34)20-31(36)24(26)7/h12-14,17,21-23,27-29,31-32,34,36H,7,9-11,15-16,18-20H2,1-6,8H3/b17-12+,25-13+,26-14-/t23-,27-,28-,29?,31+,32?,33-/m1/s1. The van der Waals surface area contributed by atoms with Crippen LogP contribution in [0.3, 0.4) is 0 Å². The second kappa shape index (κ2) is 13.8. The minimum atomic E-state index is -3.61. The number of ketones is 1. The minimum Gasteiger partial charge on any atom is -0.393 e. The van der Waals surface area contributed by atoms with E-state index in [1.54, 1.807) is 6.08 Å². The Hall–Kier alpha value is -1.30. The Morgan fingerprint density at radius 2 is 1.77 bits per heavy atom. The summed E-state index contributed by atoms with van der Waals surface area (Å²) in [5.41, 5.74) is 2.44. The van der Waals surface area contributed by atoms with Gasteiger partial charge in [0.15, 0.2) is 5.78 Å². The van der Waals surface area contributed by atoms with Crippen molar-refractivity contribution in [3.63, 3.8) is 0 Å². The molecule has 3 rings (SSSR count). The van der Waals surface area contributed by atoms with Gasteiger partial charge in [-0.2, -0.15) is 0 Å². The summed E-state index contributed by atoms with van der Waals surface area (Å²) in [4.78, 5) is 13.3. The van der Waals surface area contributed by atoms with Crippen molar-refractivity contribution in [2.24, 2.45) is 23.2 Å². The van der Waals surface area contributed by atoms with Gasteiger partial charge >= 0.3 is 7.60 Å². The van der Waals surface area contributed by atoms with Crippen molar-refractivity contribution in [1.82, 2.24) is 0 Å². The smallest absolute Gasteiger partial charge is 0.341 e. The van der Waals surface area contributed by atoms with Crippen LogP contribution >= 0.6 is 7.60 Å².